The van der Waals surface area contributed by atoms with Crippen molar-refractivity contribution in [3.63, 3.8) is 0 Å². The summed E-state index contributed by atoms with van der Waals surface area (Å²) in [5.41, 5.74) is 0.963. The van der Waals surface area contributed by atoms with Crippen molar-refractivity contribution in [2.24, 2.45) is 10.9 Å². The van der Waals surface area contributed by atoms with Crippen LogP contribution in [0.4, 0.5) is 4.39 Å². The summed E-state index contributed by atoms with van der Waals surface area (Å²) in [7, 11) is 1.85. The molecule has 0 spiro atoms. The van der Waals surface area contributed by atoms with Crippen LogP contribution in [0.2, 0.25) is 0 Å². The molecule has 1 N–H and O–H groups in total. The third-order valence-electron chi connectivity index (χ3n) is 5.77. The number of ether oxygens (including phenoxy) is 1. The van der Waals surface area contributed by atoms with Gasteiger partial charge in [-0.3, -0.25) is 4.99 Å². The molecule has 0 aliphatic carbocycles. The van der Waals surface area contributed by atoms with Gasteiger partial charge in [-0.1, -0.05) is 19.1 Å². The summed E-state index contributed by atoms with van der Waals surface area (Å²) in [6.45, 7) is 6.62. The second-order valence-electron chi connectivity index (χ2n) is 7.47. The Morgan fingerprint density at radius 3 is 2.62 bits per heavy atom. The quantitative estimate of drug-likeness (QED) is 0.411. The number of piperidine rings is 1. The monoisotopic (exact) mass is 475 g/mol. The second kappa shape index (κ2) is 9.88. The van der Waals surface area contributed by atoms with Crippen LogP contribution in [-0.2, 0) is 10.2 Å². The van der Waals surface area contributed by atoms with Gasteiger partial charge in [0.2, 0.25) is 0 Å². The third kappa shape index (κ3) is 5.09. The number of halogens is 2. The molecule has 0 radical (unpaired) electrons. The van der Waals surface area contributed by atoms with Gasteiger partial charge in [-0.15, -0.1) is 24.0 Å². The molecule has 2 aliphatic rings. The lowest BCUT2D eigenvalue weighted by Crippen LogP contribution is -2.51. The molecule has 2 heterocycles. The molecule has 3 rings (SSSR count). The highest BCUT2D eigenvalue weighted by Gasteiger charge is 2.35. The predicted octanol–water partition coefficient (Wildman–Crippen LogP) is 3.80. The van der Waals surface area contributed by atoms with Crippen molar-refractivity contribution in [3.05, 3.63) is 35.6 Å². The summed E-state index contributed by atoms with van der Waals surface area (Å²) in [5.74, 6) is 1.59. The zero-order valence-corrected chi connectivity index (χ0v) is 18.2. The molecular formula is C20H31FIN3O. The molecule has 1 aromatic carbocycles. The van der Waals surface area contributed by atoms with Gasteiger partial charge in [0, 0.05) is 45.3 Å². The first-order valence-electron chi connectivity index (χ1n) is 9.42. The predicted molar refractivity (Wildman–Crippen MR) is 115 cm³/mol. The van der Waals surface area contributed by atoms with Crippen LogP contribution in [0, 0.1) is 11.7 Å². The van der Waals surface area contributed by atoms with Gasteiger partial charge in [0.25, 0.3) is 0 Å². The van der Waals surface area contributed by atoms with Crippen LogP contribution in [0.1, 0.15) is 38.2 Å². The summed E-state index contributed by atoms with van der Waals surface area (Å²) >= 11 is 0. The van der Waals surface area contributed by atoms with Crippen LogP contribution in [-0.4, -0.2) is 50.8 Å². The highest BCUT2D eigenvalue weighted by molar-refractivity contribution is 14.0. The van der Waals surface area contributed by atoms with E-state index in [1.165, 1.54) is 18.9 Å². The van der Waals surface area contributed by atoms with Gasteiger partial charge in [-0.2, -0.15) is 0 Å². The van der Waals surface area contributed by atoms with E-state index in [9.17, 15) is 4.39 Å². The smallest absolute Gasteiger partial charge is 0.193 e. The summed E-state index contributed by atoms with van der Waals surface area (Å²) in [5, 5.41) is 3.58. The van der Waals surface area contributed by atoms with Gasteiger partial charge < -0.3 is 15.0 Å². The van der Waals surface area contributed by atoms with Crippen molar-refractivity contribution in [1.82, 2.24) is 10.2 Å². The van der Waals surface area contributed by atoms with Crippen molar-refractivity contribution in [1.29, 1.82) is 0 Å². The summed E-state index contributed by atoms with van der Waals surface area (Å²) in [4.78, 5) is 6.84. The number of rotatable bonds is 3. The van der Waals surface area contributed by atoms with Crippen molar-refractivity contribution in [2.75, 3.05) is 39.9 Å². The highest BCUT2D eigenvalue weighted by Crippen LogP contribution is 2.34. The van der Waals surface area contributed by atoms with Crippen LogP contribution in [0.3, 0.4) is 0 Å². The molecule has 26 heavy (non-hydrogen) atoms. The fraction of sp³-hybridized carbons (Fsp3) is 0.650. The van der Waals surface area contributed by atoms with Crippen molar-refractivity contribution >= 4 is 29.9 Å². The maximum Gasteiger partial charge on any atom is 0.193 e. The molecule has 146 valence electrons. The highest BCUT2D eigenvalue weighted by atomic mass is 127. The van der Waals surface area contributed by atoms with Crippen LogP contribution in [0.25, 0.3) is 0 Å². The van der Waals surface area contributed by atoms with Crippen molar-refractivity contribution < 1.29 is 9.13 Å². The molecule has 2 aliphatic heterocycles. The largest absolute Gasteiger partial charge is 0.381 e. The molecule has 1 aromatic rings. The minimum absolute atomic E-state index is 0. The van der Waals surface area contributed by atoms with Crippen LogP contribution in [0.5, 0.6) is 0 Å². The van der Waals surface area contributed by atoms with Crippen molar-refractivity contribution in [3.8, 4) is 0 Å². The molecule has 0 saturated carbocycles. The van der Waals surface area contributed by atoms with E-state index in [-0.39, 0.29) is 35.2 Å². The number of likely N-dealkylation sites (tertiary alicyclic amines) is 1. The number of benzene rings is 1. The Labute approximate surface area is 173 Å². The lowest BCUT2D eigenvalue weighted by Gasteiger charge is -2.40. The number of nitrogens with zero attached hydrogens (tertiary/aromatic N) is 2. The number of hydrogen-bond acceptors (Lipinski definition) is 2. The van der Waals surface area contributed by atoms with E-state index in [1.54, 1.807) is 6.07 Å². The molecule has 4 nitrogen and oxygen atoms in total. The molecule has 0 unspecified atom stereocenters. The third-order valence-corrected chi connectivity index (χ3v) is 5.77. The molecule has 0 amide bonds. The molecule has 6 heteroatoms. The number of nitrogens with one attached hydrogen (secondary N) is 1. The number of guanidine groups is 1. The number of hydrogen-bond donors (Lipinski definition) is 1. The lowest BCUT2D eigenvalue weighted by molar-refractivity contribution is 0.0510. The fourth-order valence-corrected chi connectivity index (χ4v) is 3.95. The minimum Gasteiger partial charge on any atom is -0.381 e. The average molecular weight is 475 g/mol. The van der Waals surface area contributed by atoms with Gasteiger partial charge in [-0.25, -0.2) is 4.39 Å². The van der Waals surface area contributed by atoms with E-state index in [0.29, 0.717) is 0 Å². The molecule has 2 saturated heterocycles. The number of aliphatic imine (C=N–C) groups is 1. The van der Waals surface area contributed by atoms with Gasteiger partial charge in [0.1, 0.15) is 5.82 Å². The lowest BCUT2D eigenvalue weighted by atomic mass is 9.74. The molecule has 0 aromatic heterocycles. The Morgan fingerprint density at radius 2 is 2.00 bits per heavy atom. The maximum absolute atomic E-state index is 13.8. The topological polar surface area (TPSA) is 36.9 Å². The van der Waals surface area contributed by atoms with E-state index in [4.69, 9.17) is 4.74 Å². The van der Waals surface area contributed by atoms with Gasteiger partial charge in [0.15, 0.2) is 5.96 Å². The summed E-state index contributed by atoms with van der Waals surface area (Å²) in [6.07, 6.45) is 4.22. The Kier molecular flexibility index (Phi) is 8.13. The Morgan fingerprint density at radius 1 is 1.31 bits per heavy atom. The van der Waals surface area contributed by atoms with Crippen LogP contribution >= 0.6 is 24.0 Å². The standard InChI is InChI=1S/C20H30FN3O.HI/c1-16-6-10-24(11-7-16)19(22-2)23-15-20(8-12-25-13-9-20)17-4-3-5-18(21)14-17;/h3-5,14,16H,6-13,15H2,1-2H3,(H,22,23);1H. The zero-order valence-electron chi connectivity index (χ0n) is 15.8. The zero-order chi connectivity index (χ0) is 17.7. The SMILES string of the molecule is CN=C(NCC1(c2cccc(F)c2)CCOCC1)N1CCC(C)CC1.I. The Hall–Kier alpha value is -0.890. The molecule has 0 atom stereocenters. The fourth-order valence-electron chi connectivity index (χ4n) is 3.95. The van der Waals surface area contributed by atoms with E-state index in [2.05, 4.69) is 22.1 Å². The first kappa shape index (κ1) is 21.4. The van der Waals surface area contributed by atoms with Crippen LogP contribution in [0.15, 0.2) is 29.3 Å². The summed E-state index contributed by atoms with van der Waals surface area (Å²) in [6, 6.07) is 7.04. The maximum atomic E-state index is 13.8. The van der Waals surface area contributed by atoms with E-state index in [1.807, 2.05) is 19.2 Å². The van der Waals surface area contributed by atoms with E-state index >= 15 is 0 Å². The van der Waals surface area contributed by atoms with Crippen LogP contribution < -0.4 is 5.32 Å². The summed E-state index contributed by atoms with van der Waals surface area (Å²) < 4.78 is 19.4. The molecule has 2 fully saturated rings. The van der Waals surface area contributed by atoms with E-state index < -0.39 is 0 Å². The van der Waals surface area contributed by atoms with Crippen molar-refractivity contribution in [2.45, 2.75) is 38.0 Å². The molecule has 0 bridgehead atoms. The van der Waals surface area contributed by atoms with Gasteiger partial charge in [-0.05, 0) is 49.3 Å². The minimum atomic E-state index is -0.169. The normalized spacial score (nSPS) is 21.2. The van der Waals surface area contributed by atoms with Gasteiger partial charge in [0.05, 0.1) is 0 Å². The Bertz CT molecular complexity index is 596. The first-order chi connectivity index (χ1) is 12.1. The average Bonchev–Trinajstić information content (AvgIpc) is 2.64. The van der Waals surface area contributed by atoms with Gasteiger partial charge >= 0.3 is 0 Å². The Balaban J connectivity index is 0.00000243. The van der Waals surface area contributed by atoms with E-state index in [0.717, 1.165) is 63.1 Å². The molecular weight excluding hydrogens is 444 g/mol. The second-order valence-corrected chi connectivity index (χ2v) is 7.47. The first-order valence-corrected chi connectivity index (χ1v) is 9.42.